The van der Waals surface area contributed by atoms with Gasteiger partial charge in [0.1, 0.15) is 6.10 Å². The van der Waals surface area contributed by atoms with Crippen molar-refractivity contribution >= 4 is 53.9 Å². The summed E-state index contributed by atoms with van der Waals surface area (Å²) in [5.74, 6) is -17.9. The van der Waals surface area contributed by atoms with Crippen LogP contribution in [0.4, 0.5) is 0 Å². The topological polar surface area (TPSA) is 344 Å². The summed E-state index contributed by atoms with van der Waals surface area (Å²) in [6, 6.07) is 12.3. The van der Waals surface area contributed by atoms with Gasteiger partial charge in [-0.1, -0.05) is 30.3 Å². The van der Waals surface area contributed by atoms with Gasteiger partial charge in [0.2, 0.25) is 11.5 Å². The van der Waals surface area contributed by atoms with Gasteiger partial charge in [-0.25, -0.2) is 0 Å². The summed E-state index contributed by atoms with van der Waals surface area (Å²) < 4.78 is 0. The monoisotopic (exact) mass is 814 g/mol. The molecule has 0 bridgehead atoms. The summed E-state index contributed by atoms with van der Waals surface area (Å²) in [4.78, 5) is 0. The number of hydrogen-bond donors (Lipinski definition) is 17. The van der Waals surface area contributed by atoms with Gasteiger partial charge < -0.3 is 86.8 Å². The Morgan fingerprint density at radius 3 is 1.08 bits per heavy atom. The number of benzene rings is 9. The molecule has 60 heavy (non-hydrogen) atoms. The minimum absolute atomic E-state index is 0.134. The lowest BCUT2D eigenvalue weighted by Crippen LogP contribution is -2.00. The van der Waals surface area contributed by atoms with Crippen LogP contribution >= 0.6 is 0 Å². The third-order valence-corrected chi connectivity index (χ3v) is 11.6. The second kappa shape index (κ2) is 11.2. The lowest BCUT2D eigenvalue weighted by Gasteiger charge is -2.23. The van der Waals surface area contributed by atoms with Gasteiger partial charge in [0, 0.05) is 49.2 Å². The van der Waals surface area contributed by atoms with Gasteiger partial charge >= 0.3 is 0 Å². The van der Waals surface area contributed by atoms with Crippen LogP contribution in [0.3, 0.4) is 0 Å². The quantitative estimate of drug-likeness (QED) is 0.0661. The second-order valence-electron chi connectivity index (χ2n) is 14.5. The molecule has 1 aliphatic rings. The molecular weight excluding hydrogens is 788 g/mol. The van der Waals surface area contributed by atoms with Crippen molar-refractivity contribution < 1.29 is 86.8 Å². The zero-order valence-corrected chi connectivity index (χ0v) is 29.8. The first-order chi connectivity index (χ1) is 28.4. The molecule has 17 heteroatoms. The fourth-order valence-electron chi connectivity index (χ4n) is 9.00. The molecule has 10 rings (SSSR count). The maximum Gasteiger partial charge on any atom is 0.201 e. The summed E-state index contributed by atoms with van der Waals surface area (Å²) in [5.41, 5.74) is -1.37. The van der Waals surface area contributed by atoms with E-state index in [2.05, 4.69) is 0 Å². The zero-order valence-electron chi connectivity index (χ0n) is 29.8. The fourth-order valence-corrected chi connectivity index (χ4v) is 9.00. The molecule has 0 aliphatic heterocycles. The Labute approximate surface area is 331 Å². The number of aliphatic hydroxyl groups excluding tert-OH is 1. The molecule has 9 aromatic carbocycles. The number of rotatable bonds is 3. The number of phenolic OH excluding ortho intramolecular Hbond substituents is 16. The largest absolute Gasteiger partial charge is 0.504 e. The lowest BCUT2D eigenvalue weighted by atomic mass is 9.83. The first-order valence-corrected chi connectivity index (χ1v) is 17.6. The third kappa shape index (κ3) is 3.92. The van der Waals surface area contributed by atoms with Gasteiger partial charge in [0.25, 0.3) is 0 Å². The van der Waals surface area contributed by atoms with Crippen molar-refractivity contribution in [3.63, 3.8) is 0 Å². The lowest BCUT2D eigenvalue weighted by molar-refractivity contribution is 0.219. The zero-order chi connectivity index (χ0) is 42.9. The second-order valence-corrected chi connectivity index (χ2v) is 14.5. The van der Waals surface area contributed by atoms with E-state index in [0.29, 0.717) is 5.56 Å². The Morgan fingerprint density at radius 2 is 0.583 bits per heavy atom. The predicted octanol–water partition coefficient (Wildman–Crippen LogP) is 6.58. The van der Waals surface area contributed by atoms with E-state index in [1.54, 1.807) is 30.3 Å². The van der Waals surface area contributed by atoms with Gasteiger partial charge in [-0.05, 0) is 40.5 Å². The van der Waals surface area contributed by atoms with Crippen LogP contribution in [0.1, 0.15) is 17.2 Å². The van der Waals surface area contributed by atoms with E-state index in [9.17, 15) is 86.8 Å². The molecule has 17 nitrogen and oxygen atoms in total. The molecule has 1 atom stereocenters. The highest BCUT2D eigenvalue weighted by molar-refractivity contribution is 6.36. The molecule has 0 spiro atoms. The van der Waals surface area contributed by atoms with Crippen molar-refractivity contribution in [3.05, 3.63) is 59.7 Å². The summed E-state index contributed by atoms with van der Waals surface area (Å²) >= 11 is 0. The van der Waals surface area contributed by atoms with Crippen LogP contribution in [0.15, 0.2) is 48.5 Å². The highest BCUT2D eigenvalue weighted by Crippen LogP contribution is 2.66. The van der Waals surface area contributed by atoms with Crippen molar-refractivity contribution in [2.75, 3.05) is 0 Å². The molecule has 0 saturated heterocycles. The van der Waals surface area contributed by atoms with E-state index < -0.39 is 158 Å². The first-order valence-electron chi connectivity index (χ1n) is 17.6. The number of phenols is 16. The van der Waals surface area contributed by atoms with Gasteiger partial charge in [-0.15, -0.1) is 0 Å². The number of hydrogen-bond acceptors (Lipinski definition) is 17. The predicted molar refractivity (Wildman–Crippen MR) is 212 cm³/mol. The Balaban J connectivity index is 1.40. The van der Waals surface area contributed by atoms with Gasteiger partial charge in [0.05, 0.1) is 26.9 Å². The van der Waals surface area contributed by atoms with Crippen LogP contribution in [0.5, 0.6) is 92.0 Å². The van der Waals surface area contributed by atoms with E-state index in [-0.39, 0.29) is 33.0 Å². The maximum absolute atomic E-state index is 11.9. The molecule has 9 aromatic rings. The first kappa shape index (κ1) is 35.7. The number of aromatic hydroxyl groups is 16. The molecule has 0 radical (unpaired) electrons. The van der Waals surface area contributed by atoms with E-state index in [4.69, 9.17) is 0 Å². The van der Waals surface area contributed by atoms with Gasteiger partial charge in [0.15, 0.2) is 80.5 Å². The van der Waals surface area contributed by atoms with Crippen molar-refractivity contribution in [2.45, 2.75) is 6.10 Å². The molecule has 17 N–H and O–H groups in total. The molecular formula is C43H26O17. The summed E-state index contributed by atoms with van der Waals surface area (Å²) in [7, 11) is 0. The highest BCUT2D eigenvalue weighted by atomic mass is 16.4. The third-order valence-electron chi connectivity index (χ3n) is 11.6. The van der Waals surface area contributed by atoms with Crippen LogP contribution in [-0.4, -0.2) is 86.8 Å². The van der Waals surface area contributed by atoms with E-state index >= 15 is 0 Å². The fraction of sp³-hybridized carbons (Fsp3) is 0.0233. The molecule has 0 heterocycles. The number of aliphatic hydroxyl groups is 1. The average Bonchev–Trinajstić information content (AvgIpc) is 3.52. The minimum atomic E-state index is -2.01. The van der Waals surface area contributed by atoms with Crippen molar-refractivity contribution in [1.82, 2.24) is 0 Å². The SMILES string of the molecule is Oc1c(O)c2c3c(c1O)c(O)c(O)c1c(O)c(O)c(-c4cc(-c5ccccc5)cc(-c5c(O)c(O)c6c(O)c(O)c7c(O)c(O)c(O)c8c(O)c(O)c5c6c78)c4)c(c13)C2O. The van der Waals surface area contributed by atoms with Crippen molar-refractivity contribution in [1.29, 1.82) is 0 Å². The summed E-state index contributed by atoms with van der Waals surface area (Å²) in [6.07, 6.45) is -2.01. The Hall–Kier alpha value is -8.70. The van der Waals surface area contributed by atoms with Crippen LogP contribution < -0.4 is 0 Å². The van der Waals surface area contributed by atoms with Crippen LogP contribution in [0.25, 0.3) is 87.2 Å². The molecule has 1 unspecified atom stereocenters. The summed E-state index contributed by atoms with van der Waals surface area (Å²) in [6.45, 7) is 0. The van der Waals surface area contributed by atoms with Gasteiger partial charge in [-0.2, -0.15) is 0 Å². The standard InChI is InChI=1S/C43H26O17/c44-27-19-13(28(45)31(48)22-15(19)17-21(27)38(55)42(59)39(56)24(17)36(53)34(22)51)11-6-10(9-4-2-1-3-5-9)7-12(8-11)14-20-16-18-25(33(50)30(20)47)40(57)43(60)41(58)26(18)37(54)35(52)23(16)32(49)29(14)46/h1-8,27,44-60H. The molecule has 0 amide bonds. The molecule has 0 aromatic heterocycles. The normalized spacial score (nSPS) is 13.7. The van der Waals surface area contributed by atoms with E-state index in [1.807, 2.05) is 0 Å². The van der Waals surface area contributed by atoms with Crippen LogP contribution in [-0.2, 0) is 0 Å². The molecule has 300 valence electrons. The molecule has 1 aliphatic carbocycles. The maximum atomic E-state index is 11.9. The highest BCUT2D eigenvalue weighted by Gasteiger charge is 2.41. The Morgan fingerprint density at radius 1 is 0.250 bits per heavy atom. The van der Waals surface area contributed by atoms with Crippen LogP contribution in [0, 0.1) is 0 Å². The van der Waals surface area contributed by atoms with E-state index in [1.165, 1.54) is 18.2 Å². The Bertz CT molecular complexity index is 3480. The van der Waals surface area contributed by atoms with Crippen LogP contribution in [0.2, 0.25) is 0 Å². The van der Waals surface area contributed by atoms with Crippen molar-refractivity contribution in [3.8, 4) is 125 Å². The minimum Gasteiger partial charge on any atom is -0.504 e. The molecule has 0 fully saturated rings. The van der Waals surface area contributed by atoms with Crippen molar-refractivity contribution in [2.24, 2.45) is 0 Å². The van der Waals surface area contributed by atoms with Gasteiger partial charge in [-0.3, -0.25) is 0 Å². The Kier molecular flexibility index (Phi) is 6.69. The smallest absolute Gasteiger partial charge is 0.201 e. The average molecular weight is 815 g/mol. The molecule has 0 saturated carbocycles. The van der Waals surface area contributed by atoms with E-state index in [0.717, 1.165) is 0 Å². The summed E-state index contributed by atoms with van der Waals surface area (Å²) in [5, 5.41) is 185.